The van der Waals surface area contributed by atoms with Gasteiger partial charge in [-0.1, -0.05) is 32.6 Å². The number of aliphatic carboxylic acids is 1. The van der Waals surface area contributed by atoms with Crippen molar-refractivity contribution in [1.29, 1.82) is 0 Å². The largest absolute Gasteiger partial charge is 0.480 e. The van der Waals surface area contributed by atoms with E-state index in [0.717, 1.165) is 38.6 Å². The van der Waals surface area contributed by atoms with Crippen LogP contribution in [-0.2, 0) is 4.79 Å². The standard InChI is InChI=1S/C11H21NO2/c1-2-3-6-9-12-11(10(13)14)7-4-5-8-11/h12H,2-9H2,1H3,(H,13,14). The van der Waals surface area contributed by atoms with Crippen LogP contribution in [0.25, 0.3) is 0 Å². The van der Waals surface area contributed by atoms with E-state index < -0.39 is 11.5 Å². The van der Waals surface area contributed by atoms with E-state index in [1.165, 1.54) is 12.8 Å². The maximum atomic E-state index is 11.1. The SMILES string of the molecule is CCCCCNC1(C(=O)O)CCCC1. The molecule has 0 unspecified atom stereocenters. The molecule has 0 saturated heterocycles. The van der Waals surface area contributed by atoms with Crippen molar-refractivity contribution in [3.8, 4) is 0 Å². The third-order valence-corrected chi connectivity index (χ3v) is 3.11. The van der Waals surface area contributed by atoms with Crippen LogP contribution in [0.15, 0.2) is 0 Å². The van der Waals surface area contributed by atoms with Gasteiger partial charge < -0.3 is 10.4 Å². The van der Waals surface area contributed by atoms with Crippen molar-refractivity contribution in [2.45, 2.75) is 57.4 Å². The molecular weight excluding hydrogens is 178 g/mol. The molecule has 3 nitrogen and oxygen atoms in total. The van der Waals surface area contributed by atoms with E-state index in [2.05, 4.69) is 12.2 Å². The quantitative estimate of drug-likeness (QED) is 0.644. The van der Waals surface area contributed by atoms with Gasteiger partial charge in [-0.15, -0.1) is 0 Å². The number of carbonyl (C=O) groups is 1. The molecular formula is C11H21NO2. The first-order valence-electron chi connectivity index (χ1n) is 5.70. The Kier molecular flexibility index (Phi) is 4.39. The molecule has 1 saturated carbocycles. The van der Waals surface area contributed by atoms with Gasteiger partial charge in [0.15, 0.2) is 0 Å². The zero-order valence-electron chi connectivity index (χ0n) is 9.01. The van der Waals surface area contributed by atoms with Crippen LogP contribution in [-0.4, -0.2) is 23.2 Å². The van der Waals surface area contributed by atoms with Crippen molar-refractivity contribution < 1.29 is 9.90 Å². The van der Waals surface area contributed by atoms with Crippen LogP contribution >= 0.6 is 0 Å². The number of unbranched alkanes of at least 4 members (excludes halogenated alkanes) is 2. The van der Waals surface area contributed by atoms with Crippen LogP contribution in [0, 0.1) is 0 Å². The molecule has 0 heterocycles. The van der Waals surface area contributed by atoms with Gasteiger partial charge in [-0.3, -0.25) is 4.79 Å². The summed E-state index contributed by atoms with van der Waals surface area (Å²) < 4.78 is 0. The van der Waals surface area contributed by atoms with Gasteiger partial charge in [0.25, 0.3) is 0 Å². The maximum absolute atomic E-state index is 11.1. The lowest BCUT2D eigenvalue weighted by molar-refractivity contribution is -0.144. The van der Waals surface area contributed by atoms with Crippen molar-refractivity contribution in [1.82, 2.24) is 5.32 Å². The third-order valence-electron chi connectivity index (χ3n) is 3.11. The van der Waals surface area contributed by atoms with Gasteiger partial charge in [0, 0.05) is 0 Å². The van der Waals surface area contributed by atoms with E-state index in [1.54, 1.807) is 0 Å². The van der Waals surface area contributed by atoms with E-state index in [9.17, 15) is 4.79 Å². The number of carboxylic acid groups (broad SMARTS) is 1. The highest BCUT2D eigenvalue weighted by Crippen LogP contribution is 2.29. The molecule has 0 aromatic rings. The molecule has 1 rings (SSSR count). The monoisotopic (exact) mass is 199 g/mol. The van der Waals surface area contributed by atoms with Gasteiger partial charge in [-0.2, -0.15) is 0 Å². The summed E-state index contributed by atoms with van der Waals surface area (Å²) in [5, 5.41) is 12.4. The summed E-state index contributed by atoms with van der Waals surface area (Å²) in [7, 11) is 0. The predicted molar refractivity (Wildman–Crippen MR) is 56.4 cm³/mol. The van der Waals surface area contributed by atoms with E-state index in [-0.39, 0.29) is 0 Å². The van der Waals surface area contributed by atoms with Crippen molar-refractivity contribution in [3.05, 3.63) is 0 Å². The number of carboxylic acids is 1. The van der Waals surface area contributed by atoms with Crippen LogP contribution < -0.4 is 5.32 Å². The second kappa shape index (κ2) is 5.35. The van der Waals surface area contributed by atoms with Crippen molar-refractivity contribution >= 4 is 5.97 Å². The number of hydrogen-bond acceptors (Lipinski definition) is 2. The zero-order chi connectivity index (χ0) is 10.4. The summed E-state index contributed by atoms with van der Waals surface area (Å²) in [5.74, 6) is -0.661. The Morgan fingerprint density at radius 2 is 2.00 bits per heavy atom. The van der Waals surface area contributed by atoms with Crippen LogP contribution in [0.5, 0.6) is 0 Å². The van der Waals surface area contributed by atoms with E-state index in [4.69, 9.17) is 5.11 Å². The zero-order valence-corrected chi connectivity index (χ0v) is 9.01. The van der Waals surface area contributed by atoms with Gasteiger partial charge >= 0.3 is 5.97 Å². The van der Waals surface area contributed by atoms with Crippen LogP contribution in [0.2, 0.25) is 0 Å². The lowest BCUT2D eigenvalue weighted by Crippen LogP contribution is -2.50. The number of rotatable bonds is 6. The smallest absolute Gasteiger partial charge is 0.323 e. The molecule has 0 radical (unpaired) electrons. The molecule has 82 valence electrons. The fraction of sp³-hybridized carbons (Fsp3) is 0.909. The Balaban J connectivity index is 2.33. The van der Waals surface area contributed by atoms with E-state index >= 15 is 0 Å². The molecule has 0 aromatic carbocycles. The molecule has 1 aliphatic rings. The summed E-state index contributed by atoms with van der Waals surface area (Å²) >= 11 is 0. The highest BCUT2D eigenvalue weighted by atomic mass is 16.4. The molecule has 1 aliphatic carbocycles. The van der Waals surface area contributed by atoms with Crippen molar-refractivity contribution in [3.63, 3.8) is 0 Å². The topological polar surface area (TPSA) is 49.3 Å². The number of hydrogen-bond donors (Lipinski definition) is 2. The van der Waals surface area contributed by atoms with Gasteiger partial charge in [0.1, 0.15) is 5.54 Å². The fourth-order valence-electron chi connectivity index (χ4n) is 2.15. The summed E-state index contributed by atoms with van der Waals surface area (Å²) in [6.45, 7) is 3.00. The molecule has 1 fully saturated rings. The molecule has 14 heavy (non-hydrogen) atoms. The Hall–Kier alpha value is -0.570. The normalized spacial score (nSPS) is 19.8. The molecule has 2 N–H and O–H groups in total. The highest BCUT2D eigenvalue weighted by molar-refractivity contribution is 5.79. The van der Waals surface area contributed by atoms with E-state index in [0.29, 0.717) is 0 Å². The van der Waals surface area contributed by atoms with Crippen molar-refractivity contribution in [2.24, 2.45) is 0 Å². The van der Waals surface area contributed by atoms with Gasteiger partial charge in [0.05, 0.1) is 0 Å². The average molecular weight is 199 g/mol. The first kappa shape index (κ1) is 11.5. The highest BCUT2D eigenvalue weighted by Gasteiger charge is 2.40. The van der Waals surface area contributed by atoms with Crippen molar-refractivity contribution in [2.75, 3.05) is 6.54 Å². The molecule has 0 spiro atoms. The van der Waals surface area contributed by atoms with Gasteiger partial charge in [0.2, 0.25) is 0 Å². The second-order valence-electron chi connectivity index (χ2n) is 4.23. The maximum Gasteiger partial charge on any atom is 0.323 e. The summed E-state index contributed by atoms with van der Waals surface area (Å²) in [4.78, 5) is 11.1. The predicted octanol–water partition coefficient (Wildman–Crippen LogP) is 2.16. The molecule has 0 bridgehead atoms. The summed E-state index contributed by atoms with van der Waals surface area (Å²) in [6.07, 6.45) is 7.15. The second-order valence-corrected chi connectivity index (χ2v) is 4.23. The third kappa shape index (κ3) is 2.71. The van der Waals surface area contributed by atoms with Gasteiger partial charge in [-0.05, 0) is 25.8 Å². The summed E-state index contributed by atoms with van der Waals surface area (Å²) in [6, 6.07) is 0. The first-order valence-corrected chi connectivity index (χ1v) is 5.70. The van der Waals surface area contributed by atoms with Crippen LogP contribution in [0.1, 0.15) is 51.9 Å². The Labute approximate surface area is 85.9 Å². The molecule has 0 aromatic heterocycles. The van der Waals surface area contributed by atoms with E-state index in [1.807, 2.05) is 0 Å². The molecule has 0 amide bonds. The first-order chi connectivity index (χ1) is 6.71. The molecule has 3 heteroatoms. The lowest BCUT2D eigenvalue weighted by atomic mass is 9.97. The molecule has 0 atom stereocenters. The van der Waals surface area contributed by atoms with Crippen LogP contribution in [0.3, 0.4) is 0 Å². The number of nitrogens with one attached hydrogen (secondary N) is 1. The minimum absolute atomic E-state index is 0.590. The molecule has 0 aliphatic heterocycles. The Morgan fingerprint density at radius 3 is 2.50 bits per heavy atom. The lowest BCUT2D eigenvalue weighted by Gasteiger charge is -2.25. The van der Waals surface area contributed by atoms with Gasteiger partial charge in [-0.25, -0.2) is 0 Å². The fourth-order valence-corrected chi connectivity index (χ4v) is 2.15. The average Bonchev–Trinajstić information content (AvgIpc) is 2.62. The minimum atomic E-state index is -0.661. The summed E-state index contributed by atoms with van der Waals surface area (Å²) in [5.41, 5.74) is -0.590. The Morgan fingerprint density at radius 1 is 1.36 bits per heavy atom. The Bertz CT molecular complexity index is 186. The minimum Gasteiger partial charge on any atom is -0.480 e. The van der Waals surface area contributed by atoms with Crippen LogP contribution in [0.4, 0.5) is 0 Å².